The lowest BCUT2D eigenvalue weighted by molar-refractivity contribution is -0.160. The Bertz CT molecular complexity index is 959. The van der Waals surface area contributed by atoms with E-state index < -0.39 is 36.3 Å². The van der Waals surface area contributed by atoms with E-state index in [1.165, 1.54) is 34.1 Å². The number of phenolic OH excluding ortho intramolecular Hbond substituents is 1. The van der Waals surface area contributed by atoms with Crippen LogP contribution in [0.4, 0.5) is 20.1 Å². The molecule has 3 heterocycles. The molecule has 3 atom stereocenters. The number of phenols is 1. The fraction of sp³-hybridized carbons (Fsp3) is 0.333. The Balaban J connectivity index is 1.54. The fourth-order valence-corrected chi connectivity index (χ4v) is 4.21. The second-order valence-corrected chi connectivity index (χ2v) is 7.02. The molecular weight excluding hydrogens is 400 g/mol. The molecule has 12 heteroatoms. The van der Waals surface area contributed by atoms with Gasteiger partial charge in [-0.15, -0.1) is 0 Å². The van der Waals surface area contributed by atoms with Gasteiger partial charge in [0.2, 0.25) is 5.88 Å². The number of nitrogens with one attached hydrogen (secondary N) is 1. The second kappa shape index (κ2) is 7.13. The molecule has 158 valence electrons. The van der Waals surface area contributed by atoms with Crippen LogP contribution in [0.15, 0.2) is 35.7 Å². The molecule has 0 bridgehead atoms. The first kappa shape index (κ1) is 19.4. The number of carbonyl (C=O) groups excluding carboxylic acids is 3. The van der Waals surface area contributed by atoms with Crippen LogP contribution in [0, 0.1) is 5.92 Å². The maximum absolute atomic E-state index is 12.8. The summed E-state index contributed by atoms with van der Waals surface area (Å²) in [5, 5.41) is 21.0. The summed E-state index contributed by atoms with van der Waals surface area (Å²) in [6, 6.07) is 4.05. The molecule has 3 aliphatic heterocycles. The highest BCUT2D eigenvalue weighted by Crippen LogP contribution is 2.49. The Kier molecular flexibility index (Phi) is 4.60. The number of likely N-dealkylation sites (tertiary alicyclic amines) is 1. The maximum Gasteiger partial charge on any atom is 0.512 e. The zero-order valence-corrected chi connectivity index (χ0v) is 15.5. The lowest BCUT2D eigenvalue weighted by Crippen LogP contribution is -2.73. The van der Waals surface area contributed by atoms with E-state index in [1.54, 1.807) is 0 Å². The number of amides is 4. The van der Waals surface area contributed by atoms with E-state index in [0.717, 1.165) is 0 Å². The lowest BCUT2D eigenvalue weighted by atomic mass is 9.78. The van der Waals surface area contributed by atoms with E-state index in [1.807, 2.05) is 0 Å². The van der Waals surface area contributed by atoms with E-state index >= 15 is 0 Å². The number of β-lactam (4-membered cyclic amide) rings is 1. The van der Waals surface area contributed by atoms with Crippen molar-refractivity contribution in [1.82, 2.24) is 9.80 Å². The number of carbonyl (C=O) groups is 4. The van der Waals surface area contributed by atoms with Gasteiger partial charge in [-0.2, -0.15) is 0 Å². The first-order valence-electron chi connectivity index (χ1n) is 9.03. The van der Waals surface area contributed by atoms with E-state index in [-0.39, 0.29) is 30.7 Å². The Morgan fingerprint density at radius 1 is 1.23 bits per heavy atom. The van der Waals surface area contributed by atoms with Gasteiger partial charge in [-0.25, -0.2) is 14.4 Å². The smallest absolute Gasteiger partial charge is 0.508 e. The molecule has 2 fully saturated rings. The molecular formula is C18H18N4O8. The number of rotatable bonds is 4. The minimum atomic E-state index is -1.61. The molecule has 12 nitrogen and oxygen atoms in total. The molecule has 0 aliphatic carbocycles. The molecule has 0 saturated carbocycles. The van der Waals surface area contributed by atoms with Crippen molar-refractivity contribution in [3.63, 3.8) is 0 Å². The Morgan fingerprint density at radius 3 is 2.57 bits per heavy atom. The number of urea groups is 1. The summed E-state index contributed by atoms with van der Waals surface area (Å²) >= 11 is 0. The van der Waals surface area contributed by atoms with E-state index in [0.29, 0.717) is 17.7 Å². The molecule has 3 aliphatic rings. The summed E-state index contributed by atoms with van der Waals surface area (Å²) in [5.41, 5.74) is 5.79. The number of hydrogen-bond donors (Lipinski definition) is 4. The molecule has 4 rings (SSSR count). The molecule has 5 N–H and O–H groups in total. The summed E-state index contributed by atoms with van der Waals surface area (Å²) < 4.78 is 9.61. The van der Waals surface area contributed by atoms with Crippen molar-refractivity contribution in [2.75, 3.05) is 18.5 Å². The summed E-state index contributed by atoms with van der Waals surface area (Å²) in [4.78, 5) is 50.2. The predicted molar refractivity (Wildman–Crippen MR) is 98.0 cm³/mol. The van der Waals surface area contributed by atoms with Crippen LogP contribution >= 0.6 is 0 Å². The average molecular weight is 418 g/mol. The van der Waals surface area contributed by atoms with Gasteiger partial charge >= 0.3 is 18.3 Å². The Hall–Kier alpha value is -3.96. The van der Waals surface area contributed by atoms with Crippen molar-refractivity contribution in [3.8, 4) is 5.75 Å². The van der Waals surface area contributed by atoms with Gasteiger partial charge in [0.1, 0.15) is 18.4 Å². The van der Waals surface area contributed by atoms with Crippen LogP contribution in [-0.2, 0) is 14.3 Å². The summed E-state index contributed by atoms with van der Waals surface area (Å²) in [5.74, 6) is -0.969. The van der Waals surface area contributed by atoms with E-state index in [9.17, 15) is 24.3 Å². The number of piperidine rings is 1. The van der Waals surface area contributed by atoms with E-state index in [4.69, 9.17) is 20.3 Å². The minimum absolute atomic E-state index is 0.0484. The van der Waals surface area contributed by atoms with Gasteiger partial charge in [-0.05, 0) is 30.7 Å². The first-order chi connectivity index (χ1) is 14.3. The molecule has 2 saturated heterocycles. The van der Waals surface area contributed by atoms with Crippen molar-refractivity contribution >= 4 is 29.9 Å². The topological polar surface area (TPSA) is 172 Å². The summed E-state index contributed by atoms with van der Waals surface area (Å²) in [6.45, 7) is -0.0922. The van der Waals surface area contributed by atoms with Crippen molar-refractivity contribution in [3.05, 3.63) is 35.7 Å². The second-order valence-electron chi connectivity index (χ2n) is 7.02. The number of nitrogens with two attached hydrogens (primary N) is 1. The lowest BCUT2D eigenvalue weighted by Gasteiger charge is -2.52. The largest absolute Gasteiger partial charge is 0.512 e. The molecule has 0 radical (unpaired) electrons. The van der Waals surface area contributed by atoms with Crippen LogP contribution in [-0.4, -0.2) is 69.4 Å². The fourth-order valence-electron chi connectivity index (χ4n) is 4.21. The molecule has 1 aromatic rings. The van der Waals surface area contributed by atoms with Gasteiger partial charge in [0.25, 0.3) is 5.91 Å². The van der Waals surface area contributed by atoms with E-state index in [2.05, 4.69) is 5.32 Å². The molecule has 30 heavy (non-hydrogen) atoms. The van der Waals surface area contributed by atoms with Crippen LogP contribution in [0.3, 0.4) is 0 Å². The van der Waals surface area contributed by atoms with Crippen LogP contribution in [0.25, 0.3) is 0 Å². The van der Waals surface area contributed by atoms with Crippen LogP contribution < -0.4 is 11.1 Å². The molecule has 1 aromatic carbocycles. The Labute approximate surface area is 169 Å². The number of nitrogens with zero attached hydrogens (tertiary/aromatic N) is 2. The maximum atomic E-state index is 12.8. The SMILES string of the molecule is NC(=O)OCC1=C(OC(=O)O)N2C(=O)[C@@H]3[C@H]2C1CCN3C(=O)Nc1ccc(O)cc1. The highest BCUT2D eigenvalue weighted by Gasteiger charge is 2.64. The van der Waals surface area contributed by atoms with Gasteiger partial charge in [0.15, 0.2) is 0 Å². The van der Waals surface area contributed by atoms with Crippen LogP contribution in [0.1, 0.15) is 6.42 Å². The molecule has 1 unspecified atom stereocenters. The highest BCUT2D eigenvalue weighted by atomic mass is 16.7. The summed E-state index contributed by atoms with van der Waals surface area (Å²) in [7, 11) is 0. The van der Waals surface area contributed by atoms with Gasteiger partial charge in [0, 0.05) is 23.7 Å². The number of aromatic hydroxyl groups is 1. The number of hydrogen-bond acceptors (Lipinski definition) is 7. The zero-order valence-electron chi connectivity index (χ0n) is 15.5. The third kappa shape index (κ3) is 3.11. The average Bonchev–Trinajstić information content (AvgIpc) is 2.97. The normalized spacial score (nSPS) is 24.1. The van der Waals surface area contributed by atoms with Gasteiger partial charge in [0.05, 0.1) is 6.04 Å². The molecule has 4 amide bonds. The first-order valence-corrected chi connectivity index (χ1v) is 9.03. The predicted octanol–water partition coefficient (Wildman–Crippen LogP) is 0.841. The number of ether oxygens (including phenoxy) is 2. The standard InChI is InChI=1S/C18H18N4O8/c19-16(25)29-7-11-10-5-6-21(17(26)20-8-1-3-9(23)4-2-8)13-12(10)22(14(13)24)15(11)30-18(27)28/h1-4,10,12-13,23H,5-7H2,(H2,19,25)(H,20,26)(H,27,28)/t10?,12-,13+/m1/s1. The van der Waals surface area contributed by atoms with Crippen molar-refractivity contribution in [1.29, 1.82) is 0 Å². The zero-order chi connectivity index (χ0) is 21.6. The van der Waals surface area contributed by atoms with Crippen molar-refractivity contribution in [2.24, 2.45) is 11.7 Å². The van der Waals surface area contributed by atoms with Gasteiger partial charge in [-0.1, -0.05) is 0 Å². The summed E-state index contributed by atoms with van der Waals surface area (Å²) in [6.07, 6.45) is -2.25. The number of carboxylic acid groups (broad SMARTS) is 1. The van der Waals surface area contributed by atoms with Crippen molar-refractivity contribution in [2.45, 2.75) is 18.5 Å². The van der Waals surface area contributed by atoms with Gasteiger partial charge in [-0.3, -0.25) is 9.69 Å². The monoisotopic (exact) mass is 418 g/mol. The van der Waals surface area contributed by atoms with Crippen molar-refractivity contribution < 1.29 is 38.9 Å². The Morgan fingerprint density at radius 2 is 1.93 bits per heavy atom. The highest BCUT2D eigenvalue weighted by molar-refractivity contribution is 5.99. The number of primary amides is 1. The third-order valence-electron chi connectivity index (χ3n) is 5.42. The number of benzene rings is 1. The van der Waals surface area contributed by atoms with Crippen LogP contribution in [0.5, 0.6) is 5.75 Å². The number of anilines is 1. The van der Waals surface area contributed by atoms with Gasteiger partial charge < -0.3 is 35.6 Å². The quantitative estimate of drug-likeness (QED) is 0.316. The minimum Gasteiger partial charge on any atom is -0.508 e. The molecule has 0 spiro atoms. The third-order valence-corrected chi connectivity index (χ3v) is 5.42. The van der Waals surface area contributed by atoms with Crippen LogP contribution in [0.2, 0.25) is 0 Å². The molecule has 0 aromatic heterocycles.